The lowest BCUT2D eigenvalue weighted by atomic mass is 9.97. The summed E-state index contributed by atoms with van der Waals surface area (Å²) in [6, 6.07) is 71.9. The van der Waals surface area contributed by atoms with E-state index in [2.05, 4.69) is 209 Å². The lowest BCUT2D eigenvalue weighted by Gasteiger charge is -2.09. The largest absolute Gasteiger partial charge is 0.355 e. The summed E-state index contributed by atoms with van der Waals surface area (Å²) in [7, 11) is 0. The molecule has 0 fully saturated rings. The first kappa shape index (κ1) is 36.6. The van der Waals surface area contributed by atoms with E-state index in [4.69, 9.17) is 0 Å². The van der Waals surface area contributed by atoms with Gasteiger partial charge in [0.25, 0.3) is 0 Å². The monoisotopic (exact) mass is 893 g/mol. The fraction of sp³-hybridized carbons (Fsp3) is 0. The van der Waals surface area contributed by atoms with E-state index in [1.165, 1.54) is 128 Å². The van der Waals surface area contributed by atoms with E-state index in [1.807, 2.05) is 34.0 Å². The molecule has 1 aliphatic heterocycles. The molecule has 0 spiro atoms. The van der Waals surface area contributed by atoms with Gasteiger partial charge in [-0.1, -0.05) is 146 Å². The van der Waals surface area contributed by atoms with Crippen molar-refractivity contribution in [3.63, 3.8) is 0 Å². The minimum Gasteiger partial charge on any atom is -0.355 e. The average Bonchev–Trinajstić information content (AvgIpc) is 4.24. The van der Waals surface area contributed by atoms with Crippen LogP contribution in [0.15, 0.2) is 194 Å². The lowest BCUT2D eigenvalue weighted by Crippen LogP contribution is -1.85. The second kappa shape index (κ2) is 13.9. The quantitative estimate of drug-likeness (QED) is 0.136. The van der Waals surface area contributed by atoms with Crippen LogP contribution in [0, 0.1) is 0 Å². The molecule has 0 atom stereocenters. The van der Waals surface area contributed by atoms with Crippen molar-refractivity contribution in [1.29, 1.82) is 0 Å². The number of thiophene rings is 3. The molecule has 66 heavy (non-hydrogen) atoms. The standard InChI is InChI=1S/C60H35N3S3/c1-5-17-37-33(13-1)47-25-26-48(61-47)34-14-2-6-18-38(34)52-28-30-54(65-52)40-20-8-4-16-36(40)50-32-46-56-55-45-31-49(35-15-3-7-19-39(35)53-29-27-51(37)64-53)62-57(45)41-21-9-11-23-43(41)59(55)66-60(56)44-24-12-10-22-42(44)58(46)63-50/h1-32,61-63H. The summed E-state index contributed by atoms with van der Waals surface area (Å²) in [5.74, 6) is 0. The predicted molar refractivity (Wildman–Crippen MR) is 285 cm³/mol. The van der Waals surface area contributed by atoms with Crippen LogP contribution < -0.4 is 0 Å². The number of aromatic nitrogens is 3. The Labute approximate surface area is 390 Å². The van der Waals surface area contributed by atoms with Gasteiger partial charge in [0.1, 0.15) is 0 Å². The average molecular weight is 894 g/mol. The molecule has 0 saturated carbocycles. The molecule has 0 amide bonds. The summed E-state index contributed by atoms with van der Waals surface area (Å²) < 4.78 is 2.65. The minimum absolute atomic E-state index is 1.10. The summed E-state index contributed by atoms with van der Waals surface area (Å²) in [5.41, 5.74) is 16.4. The number of aromatic amines is 3. The maximum Gasteiger partial charge on any atom is 0.0545 e. The number of hydrogen-bond donors (Lipinski definition) is 3. The predicted octanol–water partition coefficient (Wildman–Crippen LogP) is 18.4. The van der Waals surface area contributed by atoms with E-state index < -0.39 is 0 Å². The van der Waals surface area contributed by atoms with Crippen molar-refractivity contribution in [1.82, 2.24) is 15.0 Å². The van der Waals surface area contributed by atoms with Gasteiger partial charge in [-0.3, -0.25) is 0 Å². The fourth-order valence-corrected chi connectivity index (χ4v) is 14.4. The Morgan fingerprint density at radius 2 is 0.561 bits per heavy atom. The smallest absolute Gasteiger partial charge is 0.0545 e. The molecule has 14 aromatic rings. The highest BCUT2D eigenvalue weighted by atomic mass is 32.1. The third-order valence-corrected chi connectivity index (χ3v) is 17.4. The van der Waals surface area contributed by atoms with Crippen LogP contribution in [0.4, 0.5) is 0 Å². The van der Waals surface area contributed by atoms with Crippen molar-refractivity contribution in [2.45, 2.75) is 0 Å². The maximum absolute atomic E-state index is 4.04. The highest BCUT2D eigenvalue weighted by molar-refractivity contribution is 7.28. The van der Waals surface area contributed by atoms with E-state index in [-0.39, 0.29) is 0 Å². The van der Waals surface area contributed by atoms with Gasteiger partial charge in [0.15, 0.2) is 0 Å². The van der Waals surface area contributed by atoms with E-state index in [9.17, 15) is 0 Å². The normalized spacial score (nSPS) is 12.2. The van der Waals surface area contributed by atoms with Gasteiger partial charge in [0.05, 0.1) is 11.0 Å². The van der Waals surface area contributed by atoms with Crippen molar-refractivity contribution in [2.75, 3.05) is 0 Å². The number of benzene rings is 8. The Morgan fingerprint density at radius 1 is 0.242 bits per heavy atom. The third kappa shape index (κ3) is 5.23. The van der Waals surface area contributed by atoms with Gasteiger partial charge >= 0.3 is 0 Å². The lowest BCUT2D eigenvalue weighted by molar-refractivity contribution is 1.39. The summed E-state index contributed by atoms with van der Waals surface area (Å²) in [5, 5.41) is 10.2. The first-order valence-corrected chi connectivity index (χ1v) is 24.8. The maximum atomic E-state index is 4.04. The third-order valence-electron chi connectivity index (χ3n) is 13.8. The fourth-order valence-electron chi connectivity index (χ4n) is 10.8. The summed E-state index contributed by atoms with van der Waals surface area (Å²) in [6.07, 6.45) is 0. The molecule has 0 radical (unpaired) electrons. The topological polar surface area (TPSA) is 47.4 Å². The molecule has 8 aromatic carbocycles. The second-order valence-corrected chi connectivity index (χ2v) is 20.5. The summed E-state index contributed by atoms with van der Waals surface area (Å²) in [6.45, 7) is 0. The summed E-state index contributed by atoms with van der Waals surface area (Å²) >= 11 is 5.65. The van der Waals surface area contributed by atoms with Crippen molar-refractivity contribution in [3.05, 3.63) is 194 Å². The van der Waals surface area contributed by atoms with Crippen LogP contribution in [-0.4, -0.2) is 15.0 Å². The minimum atomic E-state index is 1.10. The molecule has 0 saturated heterocycles. The Hall–Kier alpha value is -7.74. The van der Waals surface area contributed by atoms with E-state index in [0.717, 1.165) is 22.8 Å². The Kier molecular flexibility index (Phi) is 7.69. The molecule has 7 heterocycles. The molecular weight excluding hydrogens is 859 g/mol. The number of H-pyrrole nitrogens is 3. The van der Waals surface area contributed by atoms with E-state index in [1.54, 1.807) is 0 Å². The Morgan fingerprint density at radius 3 is 0.939 bits per heavy atom. The van der Waals surface area contributed by atoms with Gasteiger partial charge in [-0.15, -0.1) is 34.0 Å². The molecule has 0 unspecified atom stereocenters. The highest BCUT2D eigenvalue weighted by Crippen LogP contribution is 2.52. The van der Waals surface area contributed by atoms with Gasteiger partial charge in [-0.25, -0.2) is 0 Å². The molecule has 308 valence electrons. The van der Waals surface area contributed by atoms with Crippen LogP contribution in [0.5, 0.6) is 0 Å². The zero-order valence-electron chi connectivity index (χ0n) is 35.2. The number of rotatable bonds is 0. The Balaban J connectivity index is 1.06. The molecule has 6 heteroatoms. The van der Waals surface area contributed by atoms with Crippen molar-refractivity contribution < 1.29 is 0 Å². The van der Waals surface area contributed by atoms with Crippen LogP contribution in [-0.2, 0) is 0 Å². The first-order valence-electron chi connectivity index (χ1n) is 22.3. The van der Waals surface area contributed by atoms with E-state index >= 15 is 0 Å². The SMILES string of the molecule is c1ccc2c(c1)-c1ccc([nH]1)-c1ccccc1-c1ccc(s1)-c1ccccc1-c1cc3c([nH]1)c1ccccc1c1sc4c5ccccc5c5[nH]c(cc5c4c31)-c1ccccc1-c1ccc-2s1. The highest BCUT2D eigenvalue weighted by Gasteiger charge is 2.24. The zero-order chi connectivity index (χ0) is 43.0. The summed E-state index contributed by atoms with van der Waals surface area (Å²) in [4.78, 5) is 16.9. The van der Waals surface area contributed by atoms with Gasteiger partial charge in [-0.2, -0.15) is 0 Å². The molecule has 15 rings (SSSR count). The molecule has 0 aliphatic carbocycles. The molecule has 1 aliphatic rings. The number of nitrogens with one attached hydrogen (secondary N) is 3. The molecule has 6 aromatic heterocycles. The number of fused-ring (bicyclic) bond motifs is 26. The second-order valence-electron chi connectivity index (χ2n) is 17.3. The molecule has 10 bridgehead atoms. The van der Waals surface area contributed by atoms with Crippen LogP contribution in [0.3, 0.4) is 0 Å². The first-order chi connectivity index (χ1) is 32.7. The van der Waals surface area contributed by atoms with Crippen molar-refractivity contribution >= 4 is 97.5 Å². The molecule has 3 nitrogen and oxygen atoms in total. The van der Waals surface area contributed by atoms with Gasteiger partial charge in [-0.05, 0) is 48.5 Å². The van der Waals surface area contributed by atoms with Crippen LogP contribution in [0.1, 0.15) is 0 Å². The Bertz CT molecular complexity index is 4040. The van der Waals surface area contributed by atoms with Gasteiger partial charge < -0.3 is 15.0 Å². The van der Waals surface area contributed by atoms with E-state index in [0.29, 0.717) is 0 Å². The van der Waals surface area contributed by atoms with Gasteiger partial charge in [0, 0.05) is 139 Å². The zero-order valence-corrected chi connectivity index (χ0v) is 37.6. The number of hydrogen-bond acceptors (Lipinski definition) is 3. The van der Waals surface area contributed by atoms with Crippen LogP contribution >= 0.6 is 34.0 Å². The van der Waals surface area contributed by atoms with Crippen LogP contribution in [0.2, 0.25) is 0 Å². The van der Waals surface area contributed by atoms with Crippen LogP contribution in [0.25, 0.3) is 150 Å². The van der Waals surface area contributed by atoms with Crippen molar-refractivity contribution in [3.8, 4) is 86.8 Å². The molecule has 3 N–H and O–H groups in total. The van der Waals surface area contributed by atoms with Crippen molar-refractivity contribution in [2.24, 2.45) is 0 Å². The van der Waals surface area contributed by atoms with Gasteiger partial charge in [0.2, 0.25) is 0 Å². The molecular formula is C60H35N3S3.